The first kappa shape index (κ1) is 23.4. The van der Waals surface area contributed by atoms with E-state index in [1.54, 1.807) is 12.1 Å². The number of halogens is 2. The van der Waals surface area contributed by atoms with Crippen molar-refractivity contribution in [2.75, 3.05) is 6.54 Å². The SMILES string of the molecule is O=C(CCc1cccc(-c2ccc(F)cc2)c1)C1CCCN1S(=O)(=O)c1cc2cc(F)ccc2o1. The molecule has 5 rings (SSSR count). The van der Waals surface area contributed by atoms with Gasteiger partial charge in [0.15, 0.2) is 5.78 Å². The van der Waals surface area contributed by atoms with Gasteiger partial charge in [-0.1, -0.05) is 36.4 Å². The summed E-state index contributed by atoms with van der Waals surface area (Å²) in [6.45, 7) is 0.226. The number of Topliss-reactive ketones (excluding diaryl/α,β-unsaturated/α-hetero) is 1. The van der Waals surface area contributed by atoms with Gasteiger partial charge in [-0.3, -0.25) is 4.79 Å². The highest BCUT2D eigenvalue weighted by molar-refractivity contribution is 7.89. The van der Waals surface area contributed by atoms with Crippen molar-refractivity contribution < 1.29 is 26.4 Å². The first-order chi connectivity index (χ1) is 16.8. The maximum absolute atomic E-state index is 13.5. The normalized spacial score (nSPS) is 16.7. The van der Waals surface area contributed by atoms with Crippen molar-refractivity contribution in [2.45, 2.75) is 36.8 Å². The summed E-state index contributed by atoms with van der Waals surface area (Å²) in [6, 6.07) is 18.2. The van der Waals surface area contributed by atoms with Gasteiger partial charge in [0.05, 0.1) is 6.04 Å². The second kappa shape index (κ2) is 9.36. The Kier molecular flexibility index (Phi) is 6.25. The van der Waals surface area contributed by atoms with Crippen LogP contribution in [0, 0.1) is 11.6 Å². The summed E-state index contributed by atoms with van der Waals surface area (Å²) in [4.78, 5) is 13.1. The number of hydrogen-bond donors (Lipinski definition) is 0. The van der Waals surface area contributed by atoms with E-state index in [0.29, 0.717) is 24.6 Å². The molecule has 1 unspecified atom stereocenters. The highest BCUT2D eigenvalue weighted by atomic mass is 32.2. The minimum absolute atomic E-state index is 0.152. The van der Waals surface area contributed by atoms with E-state index < -0.39 is 21.9 Å². The molecule has 0 amide bonds. The second-order valence-electron chi connectivity index (χ2n) is 8.69. The van der Waals surface area contributed by atoms with Crippen LogP contribution in [-0.2, 0) is 21.2 Å². The Balaban J connectivity index is 1.30. The van der Waals surface area contributed by atoms with E-state index in [9.17, 15) is 22.0 Å². The zero-order valence-corrected chi connectivity index (χ0v) is 19.6. The number of carbonyl (C=O) groups excluding carboxylic acids is 1. The zero-order valence-electron chi connectivity index (χ0n) is 18.8. The van der Waals surface area contributed by atoms with Gasteiger partial charge in [-0.25, -0.2) is 17.2 Å². The number of aryl methyl sites for hydroxylation is 1. The summed E-state index contributed by atoms with van der Waals surface area (Å²) >= 11 is 0. The Morgan fingerprint density at radius 3 is 2.51 bits per heavy atom. The van der Waals surface area contributed by atoms with Gasteiger partial charge in [-0.05, 0) is 66.3 Å². The summed E-state index contributed by atoms with van der Waals surface area (Å²) < 4.78 is 60.0. The molecule has 1 aliphatic rings. The Labute approximate surface area is 202 Å². The molecular formula is C27H23F2NO4S. The molecule has 4 aromatic rings. The van der Waals surface area contributed by atoms with Crippen LogP contribution in [0.2, 0.25) is 0 Å². The van der Waals surface area contributed by atoms with Gasteiger partial charge in [0.2, 0.25) is 5.09 Å². The predicted octanol–water partition coefficient (Wildman–Crippen LogP) is 5.73. The predicted molar refractivity (Wildman–Crippen MR) is 128 cm³/mol. The molecular weight excluding hydrogens is 472 g/mol. The molecule has 3 aromatic carbocycles. The lowest BCUT2D eigenvalue weighted by Crippen LogP contribution is -2.40. The van der Waals surface area contributed by atoms with Crippen LogP contribution in [0.4, 0.5) is 8.78 Å². The van der Waals surface area contributed by atoms with Gasteiger partial charge in [-0.2, -0.15) is 4.31 Å². The molecule has 0 N–H and O–H groups in total. The van der Waals surface area contributed by atoms with Gasteiger partial charge >= 0.3 is 0 Å². The molecule has 1 aliphatic heterocycles. The van der Waals surface area contributed by atoms with Gasteiger partial charge in [-0.15, -0.1) is 0 Å². The van der Waals surface area contributed by atoms with Crippen LogP contribution in [0.3, 0.4) is 0 Å². The third kappa shape index (κ3) is 4.76. The fourth-order valence-electron chi connectivity index (χ4n) is 4.57. The summed E-state index contributed by atoms with van der Waals surface area (Å²) in [5.41, 5.74) is 3.00. The lowest BCUT2D eigenvalue weighted by atomic mass is 9.98. The van der Waals surface area contributed by atoms with E-state index in [1.165, 1.54) is 40.7 Å². The van der Waals surface area contributed by atoms with Crippen molar-refractivity contribution in [2.24, 2.45) is 0 Å². The molecule has 0 saturated carbocycles. The molecule has 1 atom stereocenters. The molecule has 8 heteroatoms. The van der Waals surface area contributed by atoms with Gasteiger partial charge in [0, 0.05) is 24.4 Å². The quantitative estimate of drug-likeness (QED) is 0.328. The average molecular weight is 496 g/mol. The monoisotopic (exact) mass is 495 g/mol. The lowest BCUT2D eigenvalue weighted by Gasteiger charge is -2.21. The van der Waals surface area contributed by atoms with Crippen LogP contribution in [0.15, 0.2) is 82.3 Å². The number of rotatable bonds is 7. The number of hydrogen-bond acceptors (Lipinski definition) is 4. The number of carbonyl (C=O) groups is 1. The molecule has 35 heavy (non-hydrogen) atoms. The van der Waals surface area contributed by atoms with Gasteiger partial charge < -0.3 is 4.42 Å². The van der Waals surface area contributed by atoms with Crippen molar-refractivity contribution in [1.29, 1.82) is 0 Å². The summed E-state index contributed by atoms with van der Waals surface area (Å²) in [5, 5.41) is 0.0662. The van der Waals surface area contributed by atoms with Gasteiger partial charge in [0.1, 0.15) is 17.2 Å². The molecule has 1 aromatic heterocycles. The highest BCUT2D eigenvalue weighted by Gasteiger charge is 2.40. The Morgan fingerprint density at radius 2 is 1.71 bits per heavy atom. The van der Waals surface area contributed by atoms with Crippen LogP contribution < -0.4 is 0 Å². The largest absolute Gasteiger partial charge is 0.443 e. The summed E-state index contributed by atoms with van der Waals surface area (Å²) in [6.07, 6.45) is 1.67. The maximum Gasteiger partial charge on any atom is 0.277 e. The van der Waals surface area contributed by atoms with Crippen LogP contribution in [0.5, 0.6) is 0 Å². The number of fused-ring (bicyclic) bond motifs is 1. The minimum atomic E-state index is -4.04. The number of ketones is 1. The summed E-state index contributed by atoms with van der Waals surface area (Å²) in [7, 11) is -4.04. The first-order valence-corrected chi connectivity index (χ1v) is 12.8. The molecule has 0 spiro atoms. The van der Waals surface area contributed by atoms with Crippen LogP contribution in [0.1, 0.15) is 24.8 Å². The third-order valence-electron chi connectivity index (χ3n) is 6.36. The van der Waals surface area contributed by atoms with Crippen molar-refractivity contribution in [3.8, 4) is 11.1 Å². The second-order valence-corrected chi connectivity index (χ2v) is 10.5. The van der Waals surface area contributed by atoms with Crippen molar-refractivity contribution in [1.82, 2.24) is 4.31 Å². The minimum Gasteiger partial charge on any atom is -0.443 e. The molecule has 0 aliphatic carbocycles. The van der Waals surface area contributed by atoms with E-state index in [1.807, 2.05) is 24.3 Å². The Hall–Kier alpha value is -3.36. The topological polar surface area (TPSA) is 67.6 Å². The fourth-order valence-corrected chi connectivity index (χ4v) is 6.19. The lowest BCUT2D eigenvalue weighted by molar-refractivity contribution is -0.122. The zero-order chi connectivity index (χ0) is 24.6. The Morgan fingerprint density at radius 1 is 0.943 bits per heavy atom. The maximum atomic E-state index is 13.5. The molecule has 1 fully saturated rings. The smallest absolute Gasteiger partial charge is 0.277 e. The molecule has 5 nitrogen and oxygen atoms in total. The molecule has 0 radical (unpaired) electrons. The number of nitrogens with zero attached hydrogens (tertiary/aromatic N) is 1. The average Bonchev–Trinajstić information content (AvgIpc) is 3.51. The first-order valence-electron chi connectivity index (χ1n) is 11.4. The summed E-state index contributed by atoms with van der Waals surface area (Å²) in [5.74, 6) is -0.943. The standard InChI is InChI=1S/C27H23F2NO4S/c28-22-9-7-19(8-10-22)20-4-1-3-18(15-20)6-12-25(31)24-5-2-14-30(24)35(32,33)27-17-21-16-23(29)11-13-26(21)34-27/h1,3-4,7-11,13,15-17,24H,2,5-6,12,14H2. The van der Waals surface area contributed by atoms with Crippen molar-refractivity contribution >= 4 is 26.8 Å². The third-order valence-corrected chi connectivity index (χ3v) is 8.12. The molecule has 2 heterocycles. The fraction of sp³-hybridized carbons (Fsp3) is 0.222. The van der Waals surface area contributed by atoms with Crippen LogP contribution in [-0.4, -0.2) is 31.1 Å². The van der Waals surface area contributed by atoms with Crippen LogP contribution in [0.25, 0.3) is 22.1 Å². The number of benzene rings is 3. The van der Waals surface area contributed by atoms with E-state index in [0.717, 1.165) is 16.7 Å². The van der Waals surface area contributed by atoms with E-state index >= 15 is 0 Å². The molecule has 0 bridgehead atoms. The van der Waals surface area contributed by atoms with E-state index in [-0.39, 0.29) is 35.2 Å². The number of furan rings is 1. The highest BCUT2D eigenvalue weighted by Crippen LogP contribution is 2.31. The van der Waals surface area contributed by atoms with Crippen molar-refractivity contribution in [3.63, 3.8) is 0 Å². The molecule has 1 saturated heterocycles. The van der Waals surface area contributed by atoms with Gasteiger partial charge in [0.25, 0.3) is 10.0 Å². The van der Waals surface area contributed by atoms with Crippen molar-refractivity contribution in [3.05, 3.63) is 90.0 Å². The molecule has 180 valence electrons. The van der Waals surface area contributed by atoms with E-state index in [2.05, 4.69) is 0 Å². The number of sulfonamides is 1. The van der Waals surface area contributed by atoms with E-state index in [4.69, 9.17) is 4.42 Å². The van der Waals surface area contributed by atoms with Crippen LogP contribution >= 0.6 is 0 Å². The Bertz CT molecular complexity index is 1500.